The van der Waals surface area contributed by atoms with Crippen LogP contribution in [-0.2, 0) is 0 Å². The second kappa shape index (κ2) is 7.36. The molecule has 90 valence electrons. The molecule has 0 spiro atoms. The highest BCUT2D eigenvalue weighted by atomic mass is 19.1. The molecule has 0 aliphatic carbocycles. The molecule has 0 bridgehead atoms. The van der Waals surface area contributed by atoms with Crippen LogP contribution in [0.3, 0.4) is 0 Å². The zero-order chi connectivity index (χ0) is 11.8. The van der Waals surface area contributed by atoms with Crippen LogP contribution >= 0.6 is 0 Å². The number of hydrogen-bond donors (Lipinski definition) is 2. The number of benzene rings is 1. The number of rotatable bonds is 7. The first-order valence-corrected chi connectivity index (χ1v) is 5.84. The van der Waals surface area contributed by atoms with Gasteiger partial charge >= 0.3 is 0 Å². The summed E-state index contributed by atoms with van der Waals surface area (Å²) < 4.78 is 13.4. The van der Waals surface area contributed by atoms with Crippen molar-refractivity contribution in [2.24, 2.45) is 0 Å². The quantitative estimate of drug-likeness (QED) is 0.699. The first kappa shape index (κ1) is 13.1. The second-order valence-electron chi connectivity index (χ2n) is 3.98. The summed E-state index contributed by atoms with van der Waals surface area (Å²) in [6, 6.07) is 6.88. The molecule has 0 unspecified atom stereocenters. The van der Waals surface area contributed by atoms with Gasteiger partial charge in [-0.25, -0.2) is 4.39 Å². The number of nitrogens with one attached hydrogen (secondary N) is 1. The lowest BCUT2D eigenvalue weighted by Gasteiger charge is -2.14. The molecule has 1 atom stereocenters. The fourth-order valence-electron chi connectivity index (χ4n) is 1.67. The lowest BCUT2D eigenvalue weighted by Crippen LogP contribution is -2.20. The van der Waals surface area contributed by atoms with Crippen LogP contribution < -0.4 is 5.32 Å². The summed E-state index contributed by atoms with van der Waals surface area (Å²) in [5, 5.41) is 11.9. The number of halogens is 1. The van der Waals surface area contributed by atoms with E-state index in [0.717, 1.165) is 25.8 Å². The van der Waals surface area contributed by atoms with Crippen LogP contribution in [0.15, 0.2) is 24.3 Å². The molecule has 1 aromatic rings. The van der Waals surface area contributed by atoms with Gasteiger partial charge in [0.1, 0.15) is 5.82 Å². The molecule has 1 aromatic carbocycles. The molecule has 0 aliphatic heterocycles. The van der Waals surface area contributed by atoms with E-state index in [0.29, 0.717) is 5.56 Å². The van der Waals surface area contributed by atoms with Gasteiger partial charge in [0.05, 0.1) is 0 Å². The van der Waals surface area contributed by atoms with Gasteiger partial charge in [0.2, 0.25) is 0 Å². The van der Waals surface area contributed by atoms with Crippen molar-refractivity contribution in [1.29, 1.82) is 0 Å². The summed E-state index contributed by atoms with van der Waals surface area (Å²) in [6.07, 6.45) is 2.86. The van der Waals surface area contributed by atoms with Crippen molar-refractivity contribution in [1.82, 2.24) is 5.32 Å². The van der Waals surface area contributed by atoms with Crippen molar-refractivity contribution >= 4 is 0 Å². The Morgan fingerprint density at radius 2 is 2.00 bits per heavy atom. The highest BCUT2D eigenvalue weighted by molar-refractivity contribution is 5.20. The number of hydrogen-bond acceptors (Lipinski definition) is 2. The van der Waals surface area contributed by atoms with Crippen molar-refractivity contribution in [3.63, 3.8) is 0 Å². The van der Waals surface area contributed by atoms with Gasteiger partial charge in [-0.05, 0) is 38.8 Å². The smallest absolute Gasteiger partial charge is 0.127 e. The first-order valence-electron chi connectivity index (χ1n) is 5.84. The third-order valence-electron chi connectivity index (χ3n) is 2.66. The van der Waals surface area contributed by atoms with Gasteiger partial charge in [-0.1, -0.05) is 18.2 Å². The Bertz CT molecular complexity index is 304. The molecule has 0 heterocycles. The third-order valence-corrected chi connectivity index (χ3v) is 2.66. The van der Waals surface area contributed by atoms with E-state index >= 15 is 0 Å². The number of unbranched alkanes of at least 4 members (excludes halogenated alkanes) is 2. The van der Waals surface area contributed by atoms with E-state index in [4.69, 9.17) is 5.11 Å². The predicted octanol–water partition coefficient (Wildman–Crippen LogP) is 2.64. The maximum absolute atomic E-state index is 13.4. The van der Waals surface area contributed by atoms with Crippen LogP contribution in [-0.4, -0.2) is 18.3 Å². The van der Waals surface area contributed by atoms with Gasteiger partial charge in [-0.2, -0.15) is 0 Å². The molecule has 0 amide bonds. The van der Waals surface area contributed by atoms with Crippen LogP contribution in [0.4, 0.5) is 4.39 Å². The lowest BCUT2D eigenvalue weighted by molar-refractivity contribution is 0.282. The molecular weight excluding hydrogens is 205 g/mol. The monoisotopic (exact) mass is 225 g/mol. The minimum Gasteiger partial charge on any atom is -0.396 e. The van der Waals surface area contributed by atoms with E-state index in [1.807, 2.05) is 13.0 Å². The highest BCUT2D eigenvalue weighted by Gasteiger charge is 2.08. The molecule has 0 fully saturated rings. The minimum atomic E-state index is -0.155. The van der Waals surface area contributed by atoms with Crippen molar-refractivity contribution in [2.75, 3.05) is 13.2 Å². The van der Waals surface area contributed by atoms with E-state index in [-0.39, 0.29) is 18.5 Å². The molecule has 16 heavy (non-hydrogen) atoms. The van der Waals surface area contributed by atoms with Crippen molar-refractivity contribution in [3.8, 4) is 0 Å². The molecule has 2 nitrogen and oxygen atoms in total. The maximum Gasteiger partial charge on any atom is 0.127 e. The van der Waals surface area contributed by atoms with Crippen molar-refractivity contribution in [2.45, 2.75) is 32.2 Å². The van der Waals surface area contributed by atoms with Gasteiger partial charge < -0.3 is 10.4 Å². The van der Waals surface area contributed by atoms with Crippen molar-refractivity contribution in [3.05, 3.63) is 35.6 Å². The van der Waals surface area contributed by atoms with Crippen LogP contribution in [0.1, 0.15) is 37.8 Å². The standard InChI is InChI=1S/C13H20FNO/c1-11(15-9-5-2-6-10-16)12-7-3-4-8-13(12)14/h3-4,7-8,11,15-16H,2,5-6,9-10H2,1H3/t11-/m1/s1. The normalized spacial score (nSPS) is 12.7. The summed E-state index contributed by atoms with van der Waals surface area (Å²) in [4.78, 5) is 0. The van der Waals surface area contributed by atoms with Crippen LogP contribution in [0.2, 0.25) is 0 Å². The lowest BCUT2D eigenvalue weighted by atomic mass is 10.1. The Kier molecular flexibility index (Phi) is 6.04. The van der Waals surface area contributed by atoms with E-state index in [9.17, 15) is 4.39 Å². The average molecular weight is 225 g/mol. The highest BCUT2D eigenvalue weighted by Crippen LogP contribution is 2.15. The van der Waals surface area contributed by atoms with Crippen LogP contribution in [0, 0.1) is 5.82 Å². The largest absolute Gasteiger partial charge is 0.396 e. The fourth-order valence-corrected chi connectivity index (χ4v) is 1.67. The van der Waals surface area contributed by atoms with E-state index in [1.165, 1.54) is 6.07 Å². The average Bonchev–Trinajstić information content (AvgIpc) is 2.29. The molecule has 1 rings (SSSR count). The SMILES string of the molecule is C[C@@H](NCCCCCO)c1ccccc1F. The molecule has 0 radical (unpaired) electrons. The minimum absolute atomic E-state index is 0.0373. The molecule has 0 aliphatic rings. The molecular formula is C13H20FNO. The number of aliphatic hydroxyl groups excluding tert-OH is 1. The van der Waals surface area contributed by atoms with Crippen LogP contribution in [0.25, 0.3) is 0 Å². The van der Waals surface area contributed by atoms with E-state index < -0.39 is 0 Å². The maximum atomic E-state index is 13.4. The zero-order valence-electron chi connectivity index (χ0n) is 9.75. The molecule has 3 heteroatoms. The molecule has 0 aromatic heterocycles. The molecule has 2 N–H and O–H groups in total. The second-order valence-corrected chi connectivity index (χ2v) is 3.98. The van der Waals surface area contributed by atoms with Gasteiger partial charge in [-0.15, -0.1) is 0 Å². The molecule has 0 saturated heterocycles. The molecule has 0 saturated carbocycles. The van der Waals surface area contributed by atoms with Crippen molar-refractivity contribution < 1.29 is 9.50 Å². The summed E-state index contributed by atoms with van der Waals surface area (Å²) in [5.41, 5.74) is 0.713. The summed E-state index contributed by atoms with van der Waals surface area (Å²) >= 11 is 0. The van der Waals surface area contributed by atoms with Crippen LogP contribution in [0.5, 0.6) is 0 Å². The number of aliphatic hydroxyl groups is 1. The van der Waals surface area contributed by atoms with Gasteiger partial charge in [0.25, 0.3) is 0 Å². The third kappa shape index (κ3) is 4.29. The van der Waals surface area contributed by atoms with Gasteiger partial charge in [-0.3, -0.25) is 0 Å². The Morgan fingerprint density at radius 1 is 1.25 bits per heavy atom. The van der Waals surface area contributed by atoms with E-state index in [2.05, 4.69) is 5.32 Å². The topological polar surface area (TPSA) is 32.3 Å². The Hall–Kier alpha value is -0.930. The fraction of sp³-hybridized carbons (Fsp3) is 0.538. The summed E-state index contributed by atoms with van der Waals surface area (Å²) in [6.45, 7) is 3.07. The first-order chi connectivity index (χ1) is 7.75. The summed E-state index contributed by atoms with van der Waals surface area (Å²) in [5.74, 6) is -0.155. The predicted molar refractivity (Wildman–Crippen MR) is 63.8 cm³/mol. The van der Waals surface area contributed by atoms with Gasteiger partial charge in [0.15, 0.2) is 0 Å². The Labute approximate surface area is 96.5 Å². The van der Waals surface area contributed by atoms with Gasteiger partial charge in [0, 0.05) is 18.2 Å². The Morgan fingerprint density at radius 3 is 2.69 bits per heavy atom. The van der Waals surface area contributed by atoms with E-state index in [1.54, 1.807) is 12.1 Å². The Balaban J connectivity index is 2.30. The summed E-state index contributed by atoms with van der Waals surface area (Å²) in [7, 11) is 0. The zero-order valence-corrected chi connectivity index (χ0v) is 9.75.